The van der Waals surface area contributed by atoms with Crippen LogP contribution in [0.25, 0.3) is 0 Å². The predicted octanol–water partition coefficient (Wildman–Crippen LogP) is 5.10. The molecule has 0 spiro atoms. The van der Waals surface area contributed by atoms with E-state index in [0.29, 0.717) is 0 Å². The fourth-order valence-electron chi connectivity index (χ4n) is 2.15. The quantitative estimate of drug-likeness (QED) is 0.468. The Morgan fingerprint density at radius 1 is 0.889 bits per heavy atom. The summed E-state index contributed by atoms with van der Waals surface area (Å²) in [5.41, 5.74) is 0. The average molecular weight is 274 g/mol. The second-order valence-electron chi connectivity index (χ2n) is 5.74. The van der Waals surface area contributed by atoms with Crippen molar-refractivity contribution in [2.75, 3.05) is 18.1 Å². The van der Waals surface area contributed by atoms with Crippen molar-refractivity contribution in [1.82, 2.24) is 5.32 Å². The first-order chi connectivity index (χ1) is 8.70. The van der Waals surface area contributed by atoms with Gasteiger partial charge in [-0.05, 0) is 24.6 Å². The lowest BCUT2D eigenvalue weighted by atomic mass is 10.1. The van der Waals surface area contributed by atoms with Gasteiger partial charge in [0, 0.05) is 11.8 Å². The maximum absolute atomic E-state index is 3.64. The number of thioether (sulfide) groups is 1. The summed E-state index contributed by atoms with van der Waals surface area (Å²) < 4.78 is 0. The van der Waals surface area contributed by atoms with Gasteiger partial charge in [-0.3, -0.25) is 0 Å². The minimum absolute atomic E-state index is 0.741. The predicted molar refractivity (Wildman–Crippen MR) is 87.6 cm³/mol. The van der Waals surface area contributed by atoms with Crippen LogP contribution in [-0.2, 0) is 0 Å². The highest BCUT2D eigenvalue weighted by molar-refractivity contribution is 7.99. The molecule has 0 aliphatic rings. The van der Waals surface area contributed by atoms with Crippen LogP contribution in [0.15, 0.2) is 0 Å². The van der Waals surface area contributed by atoms with E-state index in [9.17, 15) is 0 Å². The lowest BCUT2D eigenvalue weighted by Gasteiger charge is -2.18. The number of hydrogen-bond acceptors (Lipinski definition) is 2. The van der Waals surface area contributed by atoms with Gasteiger partial charge >= 0.3 is 0 Å². The smallest absolute Gasteiger partial charge is 0.0158 e. The van der Waals surface area contributed by atoms with Crippen molar-refractivity contribution in [3.63, 3.8) is 0 Å². The van der Waals surface area contributed by atoms with Crippen LogP contribution in [0, 0.1) is 5.92 Å². The molecule has 18 heavy (non-hydrogen) atoms. The molecule has 0 saturated carbocycles. The van der Waals surface area contributed by atoms with Gasteiger partial charge in [-0.15, -0.1) is 0 Å². The third-order valence-electron chi connectivity index (χ3n) is 3.17. The molecule has 110 valence electrons. The molecule has 0 amide bonds. The molecule has 1 N–H and O–H groups in total. The lowest BCUT2D eigenvalue weighted by Crippen LogP contribution is -2.31. The van der Waals surface area contributed by atoms with E-state index < -0.39 is 0 Å². The van der Waals surface area contributed by atoms with Crippen molar-refractivity contribution < 1.29 is 0 Å². The Kier molecular flexibility index (Phi) is 14.0. The zero-order valence-corrected chi connectivity index (χ0v) is 14.0. The molecule has 0 fully saturated rings. The van der Waals surface area contributed by atoms with E-state index in [0.717, 1.165) is 18.5 Å². The number of unbranched alkanes of at least 4 members (excludes halogenated alkanes) is 5. The Labute approximate surface area is 120 Å². The number of rotatable bonds is 13. The van der Waals surface area contributed by atoms with Gasteiger partial charge < -0.3 is 5.32 Å². The fourth-order valence-corrected chi connectivity index (χ4v) is 3.33. The molecule has 1 atom stereocenters. The Bertz CT molecular complexity index is 159. The van der Waals surface area contributed by atoms with E-state index in [2.05, 4.69) is 44.8 Å². The monoisotopic (exact) mass is 273 g/mol. The van der Waals surface area contributed by atoms with Crippen molar-refractivity contribution in [2.24, 2.45) is 5.92 Å². The molecule has 1 nitrogen and oxygen atoms in total. The highest BCUT2D eigenvalue weighted by Crippen LogP contribution is 2.14. The first kappa shape index (κ1) is 18.3. The van der Waals surface area contributed by atoms with Crippen LogP contribution in [0.3, 0.4) is 0 Å². The Morgan fingerprint density at radius 3 is 2.17 bits per heavy atom. The van der Waals surface area contributed by atoms with Crippen LogP contribution in [0.1, 0.15) is 72.6 Å². The summed E-state index contributed by atoms with van der Waals surface area (Å²) in [5, 5.41) is 3.64. The van der Waals surface area contributed by atoms with E-state index in [1.54, 1.807) is 0 Å². The minimum Gasteiger partial charge on any atom is -0.313 e. The van der Waals surface area contributed by atoms with Crippen LogP contribution in [-0.4, -0.2) is 24.1 Å². The molecule has 0 heterocycles. The highest BCUT2D eigenvalue weighted by atomic mass is 32.2. The standard InChI is InChI=1S/C16H35NS/c1-5-7-8-9-10-11-12-16(17-6-2)14-18-13-15(3)4/h15-17H,5-14H2,1-4H3. The van der Waals surface area contributed by atoms with E-state index in [1.165, 1.54) is 56.5 Å². The van der Waals surface area contributed by atoms with Crippen LogP contribution >= 0.6 is 11.8 Å². The Hall–Kier alpha value is 0.310. The second kappa shape index (κ2) is 13.7. The summed E-state index contributed by atoms with van der Waals surface area (Å²) in [6, 6.07) is 0.741. The van der Waals surface area contributed by atoms with Crippen molar-refractivity contribution >= 4 is 11.8 Å². The van der Waals surface area contributed by atoms with Crippen molar-refractivity contribution in [2.45, 2.75) is 78.7 Å². The maximum atomic E-state index is 3.64. The molecule has 0 saturated heterocycles. The molecule has 0 aromatic carbocycles. The summed E-state index contributed by atoms with van der Waals surface area (Å²) in [7, 11) is 0. The van der Waals surface area contributed by atoms with Crippen LogP contribution in [0.4, 0.5) is 0 Å². The highest BCUT2D eigenvalue weighted by Gasteiger charge is 2.07. The zero-order valence-electron chi connectivity index (χ0n) is 13.1. The molecule has 1 unspecified atom stereocenters. The lowest BCUT2D eigenvalue weighted by molar-refractivity contribution is 0.494. The van der Waals surface area contributed by atoms with Crippen LogP contribution < -0.4 is 5.32 Å². The van der Waals surface area contributed by atoms with E-state index in [4.69, 9.17) is 0 Å². The molecule has 0 radical (unpaired) electrons. The van der Waals surface area contributed by atoms with Gasteiger partial charge in [0.25, 0.3) is 0 Å². The fraction of sp³-hybridized carbons (Fsp3) is 1.00. The first-order valence-electron chi connectivity index (χ1n) is 8.01. The summed E-state index contributed by atoms with van der Waals surface area (Å²) in [6.07, 6.45) is 9.84. The molecular formula is C16H35NS. The van der Waals surface area contributed by atoms with Gasteiger partial charge in [0.2, 0.25) is 0 Å². The van der Waals surface area contributed by atoms with Crippen molar-refractivity contribution in [1.29, 1.82) is 0 Å². The average Bonchev–Trinajstić information content (AvgIpc) is 2.33. The van der Waals surface area contributed by atoms with Gasteiger partial charge in [0.15, 0.2) is 0 Å². The van der Waals surface area contributed by atoms with Crippen molar-refractivity contribution in [3.05, 3.63) is 0 Å². The first-order valence-corrected chi connectivity index (χ1v) is 9.17. The summed E-state index contributed by atoms with van der Waals surface area (Å²) >= 11 is 2.12. The molecule has 0 aliphatic carbocycles. The molecular weight excluding hydrogens is 238 g/mol. The molecule has 0 aromatic heterocycles. The third-order valence-corrected chi connectivity index (χ3v) is 4.71. The molecule has 0 bridgehead atoms. The molecule has 0 aliphatic heterocycles. The summed E-state index contributed by atoms with van der Waals surface area (Å²) in [4.78, 5) is 0. The van der Waals surface area contributed by atoms with Gasteiger partial charge in [-0.25, -0.2) is 0 Å². The SMILES string of the molecule is CCCCCCCCC(CSCC(C)C)NCC. The molecule has 0 rings (SSSR count). The van der Waals surface area contributed by atoms with Gasteiger partial charge in [-0.1, -0.05) is 66.2 Å². The summed E-state index contributed by atoms with van der Waals surface area (Å²) in [5.74, 6) is 3.42. The Morgan fingerprint density at radius 2 is 1.56 bits per heavy atom. The van der Waals surface area contributed by atoms with Gasteiger partial charge in [-0.2, -0.15) is 11.8 Å². The topological polar surface area (TPSA) is 12.0 Å². The van der Waals surface area contributed by atoms with Gasteiger partial charge in [0.05, 0.1) is 0 Å². The van der Waals surface area contributed by atoms with E-state index in [1.807, 2.05) is 0 Å². The molecule has 2 heteroatoms. The van der Waals surface area contributed by atoms with Crippen LogP contribution in [0.5, 0.6) is 0 Å². The van der Waals surface area contributed by atoms with Crippen LogP contribution in [0.2, 0.25) is 0 Å². The number of nitrogens with one attached hydrogen (secondary N) is 1. The van der Waals surface area contributed by atoms with Crippen molar-refractivity contribution in [3.8, 4) is 0 Å². The number of hydrogen-bond donors (Lipinski definition) is 1. The minimum atomic E-state index is 0.741. The largest absolute Gasteiger partial charge is 0.313 e. The Balaban J connectivity index is 3.50. The third kappa shape index (κ3) is 12.8. The second-order valence-corrected chi connectivity index (χ2v) is 6.82. The van der Waals surface area contributed by atoms with Gasteiger partial charge in [0.1, 0.15) is 0 Å². The van der Waals surface area contributed by atoms with E-state index in [-0.39, 0.29) is 0 Å². The normalized spacial score (nSPS) is 13.2. The molecule has 0 aromatic rings. The summed E-state index contributed by atoms with van der Waals surface area (Å²) in [6.45, 7) is 10.2. The zero-order chi connectivity index (χ0) is 13.6. The van der Waals surface area contributed by atoms with E-state index >= 15 is 0 Å². The maximum Gasteiger partial charge on any atom is 0.0158 e.